The van der Waals surface area contributed by atoms with Gasteiger partial charge in [0.05, 0.1) is 12.8 Å². The third kappa shape index (κ3) is 3.63. The second-order valence-electron chi connectivity index (χ2n) is 5.57. The summed E-state index contributed by atoms with van der Waals surface area (Å²) in [5.41, 5.74) is 4.32. The molecule has 0 saturated heterocycles. The first kappa shape index (κ1) is 15.8. The third-order valence-electron chi connectivity index (χ3n) is 3.76. The van der Waals surface area contributed by atoms with Crippen LogP contribution in [0.2, 0.25) is 0 Å². The van der Waals surface area contributed by atoms with Crippen LogP contribution in [0, 0.1) is 6.92 Å². The molecule has 1 amide bonds. The summed E-state index contributed by atoms with van der Waals surface area (Å²) in [5.74, 6) is 0.577. The molecule has 2 N–H and O–H groups in total. The van der Waals surface area contributed by atoms with E-state index in [-0.39, 0.29) is 5.91 Å². The van der Waals surface area contributed by atoms with Gasteiger partial charge >= 0.3 is 0 Å². The van der Waals surface area contributed by atoms with E-state index in [1.54, 1.807) is 13.2 Å². The molecule has 1 aromatic heterocycles. The Labute approximate surface area is 140 Å². The lowest BCUT2D eigenvalue weighted by Gasteiger charge is -2.05. The molecule has 3 aromatic rings. The number of hydrogen-bond acceptors (Lipinski definition) is 3. The highest BCUT2D eigenvalue weighted by molar-refractivity contribution is 5.93. The minimum absolute atomic E-state index is 0.191. The van der Waals surface area contributed by atoms with Gasteiger partial charge in [0.1, 0.15) is 11.4 Å². The molecule has 2 aromatic carbocycles. The number of nitrogens with zero attached hydrogens (tertiary/aromatic N) is 1. The second-order valence-corrected chi connectivity index (χ2v) is 5.57. The van der Waals surface area contributed by atoms with Crippen LogP contribution in [0.4, 0.5) is 0 Å². The fourth-order valence-corrected chi connectivity index (χ4v) is 2.37. The molecular formula is C19H19N3O2. The van der Waals surface area contributed by atoms with E-state index in [2.05, 4.69) is 15.5 Å². The van der Waals surface area contributed by atoms with Gasteiger partial charge in [0.2, 0.25) is 0 Å². The highest BCUT2D eigenvalue weighted by Gasteiger charge is 2.11. The van der Waals surface area contributed by atoms with E-state index in [1.807, 2.05) is 55.5 Å². The summed E-state index contributed by atoms with van der Waals surface area (Å²) in [6, 6.07) is 17.4. The number of H-pyrrole nitrogens is 1. The van der Waals surface area contributed by atoms with E-state index < -0.39 is 0 Å². The van der Waals surface area contributed by atoms with Crippen molar-refractivity contribution in [1.29, 1.82) is 0 Å². The van der Waals surface area contributed by atoms with Crippen molar-refractivity contribution in [2.45, 2.75) is 13.5 Å². The number of aromatic amines is 1. The zero-order valence-corrected chi connectivity index (χ0v) is 13.7. The fraction of sp³-hybridized carbons (Fsp3) is 0.158. The van der Waals surface area contributed by atoms with Gasteiger partial charge in [-0.2, -0.15) is 5.10 Å². The highest BCUT2D eigenvalue weighted by Crippen LogP contribution is 2.18. The maximum Gasteiger partial charge on any atom is 0.269 e. The molecule has 0 atom stereocenters. The number of nitrogens with one attached hydrogen (secondary N) is 2. The first-order chi connectivity index (χ1) is 11.7. The normalized spacial score (nSPS) is 10.4. The first-order valence-electron chi connectivity index (χ1n) is 7.69. The van der Waals surface area contributed by atoms with E-state index in [9.17, 15) is 4.79 Å². The molecule has 5 heteroatoms. The maximum atomic E-state index is 12.3. The quantitative estimate of drug-likeness (QED) is 0.757. The van der Waals surface area contributed by atoms with Crippen LogP contribution in [0.3, 0.4) is 0 Å². The molecule has 0 fully saturated rings. The molecule has 122 valence electrons. The summed E-state index contributed by atoms with van der Waals surface area (Å²) >= 11 is 0. The molecular weight excluding hydrogens is 302 g/mol. The molecule has 0 aliphatic heterocycles. The fourth-order valence-electron chi connectivity index (χ4n) is 2.37. The average Bonchev–Trinajstić information content (AvgIpc) is 3.10. The van der Waals surface area contributed by atoms with Crippen molar-refractivity contribution >= 4 is 5.91 Å². The minimum atomic E-state index is -0.191. The number of hydrogen-bond donors (Lipinski definition) is 2. The molecule has 0 radical (unpaired) electrons. The van der Waals surface area contributed by atoms with Crippen molar-refractivity contribution in [1.82, 2.24) is 15.5 Å². The number of amides is 1. The summed E-state index contributed by atoms with van der Waals surface area (Å²) in [4.78, 5) is 12.3. The molecule has 1 heterocycles. The summed E-state index contributed by atoms with van der Waals surface area (Å²) in [6.07, 6.45) is 0. The van der Waals surface area contributed by atoms with Crippen molar-refractivity contribution in [2.75, 3.05) is 7.11 Å². The monoisotopic (exact) mass is 321 g/mol. The third-order valence-corrected chi connectivity index (χ3v) is 3.76. The standard InChI is InChI=1S/C19H19N3O2/c1-13-6-8-15(9-7-13)17-11-18(22-21-17)19(23)20-12-14-4-3-5-16(10-14)24-2/h3-11H,12H2,1-2H3,(H,20,23)(H,21,22). The SMILES string of the molecule is COc1cccc(CNC(=O)c2cc(-c3ccc(C)cc3)n[nH]2)c1. The predicted molar refractivity (Wildman–Crippen MR) is 92.9 cm³/mol. The van der Waals surface area contributed by atoms with Gasteiger partial charge in [0.25, 0.3) is 5.91 Å². The van der Waals surface area contributed by atoms with Gasteiger partial charge in [-0.1, -0.05) is 42.0 Å². The van der Waals surface area contributed by atoms with Gasteiger partial charge in [0, 0.05) is 12.1 Å². The molecule has 0 spiro atoms. The zero-order chi connectivity index (χ0) is 16.9. The molecule has 0 aliphatic rings. The van der Waals surface area contributed by atoms with Crippen LogP contribution in [0.15, 0.2) is 54.6 Å². The summed E-state index contributed by atoms with van der Waals surface area (Å²) < 4.78 is 5.18. The van der Waals surface area contributed by atoms with Crippen molar-refractivity contribution in [2.24, 2.45) is 0 Å². The Balaban J connectivity index is 1.66. The van der Waals surface area contributed by atoms with Crippen molar-refractivity contribution in [3.8, 4) is 17.0 Å². The number of carbonyl (C=O) groups excluding carboxylic acids is 1. The Bertz CT molecular complexity index is 838. The summed E-state index contributed by atoms with van der Waals surface area (Å²) in [6.45, 7) is 2.46. The van der Waals surface area contributed by atoms with Crippen LogP contribution < -0.4 is 10.1 Å². The molecule has 24 heavy (non-hydrogen) atoms. The van der Waals surface area contributed by atoms with E-state index in [4.69, 9.17) is 4.74 Å². The average molecular weight is 321 g/mol. The first-order valence-corrected chi connectivity index (χ1v) is 7.69. The lowest BCUT2D eigenvalue weighted by Crippen LogP contribution is -2.23. The van der Waals surface area contributed by atoms with Gasteiger partial charge in [-0.15, -0.1) is 0 Å². The topological polar surface area (TPSA) is 67.0 Å². The minimum Gasteiger partial charge on any atom is -0.497 e. The van der Waals surface area contributed by atoms with Crippen LogP contribution in [-0.4, -0.2) is 23.2 Å². The number of methoxy groups -OCH3 is 1. The number of benzene rings is 2. The van der Waals surface area contributed by atoms with E-state index >= 15 is 0 Å². The number of carbonyl (C=O) groups is 1. The highest BCUT2D eigenvalue weighted by atomic mass is 16.5. The van der Waals surface area contributed by atoms with Gasteiger partial charge in [-0.25, -0.2) is 0 Å². The Morgan fingerprint density at radius 2 is 1.96 bits per heavy atom. The Kier molecular flexibility index (Phi) is 4.61. The smallest absolute Gasteiger partial charge is 0.269 e. The van der Waals surface area contributed by atoms with E-state index in [1.165, 1.54) is 5.56 Å². The number of aryl methyl sites for hydroxylation is 1. The second kappa shape index (κ2) is 7.00. The number of rotatable bonds is 5. The Morgan fingerprint density at radius 1 is 1.17 bits per heavy atom. The lowest BCUT2D eigenvalue weighted by atomic mass is 10.1. The molecule has 0 aliphatic carbocycles. The maximum absolute atomic E-state index is 12.3. The molecule has 3 rings (SSSR count). The number of aromatic nitrogens is 2. The Morgan fingerprint density at radius 3 is 2.71 bits per heavy atom. The van der Waals surface area contributed by atoms with E-state index in [0.29, 0.717) is 12.2 Å². The molecule has 0 saturated carbocycles. The largest absolute Gasteiger partial charge is 0.497 e. The summed E-state index contributed by atoms with van der Waals surface area (Å²) in [7, 11) is 1.62. The molecule has 0 unspecified atom stereocenters. The predicted octanol–water partition coefficient (Wildman–Crippen LogP) is 3.32. The van der Waals surface area contributed by atoms with Crippen LogP contribution in [0.5, 0.6) is 5.75 Å². The zero-order valence-electron chi connectivity index (χ0n) is 13.7. The molecule has 0 bridgehead atoms. The van der Waals surface area contributed by atoms with Gasteiger partial charge in [0.15, 0.2) is 0 Å². The van der Waals surface area contributed by atoms with Crippen LogP contribution in [0.1, 0.15) is 21.6 Å². The van der Waals surface area contributed by atoms with Crippen molar-refractivity contribution < 1.29 is 9.53 Å². The number of ether oxygens (including phenoxy) is 1. The van der Waals surface area contributed by atoms with Gasteiger partial charge in [-0.3, -0.25) is 9.89 Å². The van der Waals surface area contributed by atoms with Gasteiger partial charge in [-0.05, 0) is 30.7 Å². The molecule has 5 nitrogen and oxygen atoms in total. The van der Waals surface area contributed by atoms with Crippen LogP contribution in [0.25, 0.3) is 11.3 Å². The van der Waals surface area contributed by atoms with E-state index in [0.717, 1.165) is 22.6 Å². The van der Waals surface area contributed by atoms with Crippen molar-refractivity contribution in [3.63, 3.8) is 0 Å². The van der Waals surface area contributed by atoms with Gasteiger partial charge < -0.3 is 10.1 Å². The Hall–Kier alpha value is -3.08. The lowest BCUT2D eigenvalue weighted by molar-refractivity contribution is 0.0946. The van der Waals surface area contributed by atoms with Crippen LogP contribution in [-0.2, 0) is 6.54 Å². The summed E-state index contributed by atoms with van der Waals surface area (Å²) in [5, 5.41) is 9.88. The van der Waals surface area contributed by atoms with Crippen LogP contribution >= 0.6 is 0 Å². The van der Waals surface area contributed by atoms with Crippen molar-refractivity contribution in [3.05, 3.63) is 71.4 Å².